The minimum Gasteiger partial charge on any atom is -0.486 e. The van der Waals surface area contributed by atoms with Crippen LogP contribution in [0.4, 0.5) is 5.69 Å². The van der Waals surface area contributed by atoms with Gasteiger partial charge < -0.3 is 9.47 Å². The number of ether oxygens (including phenoxy) is 2. The largest absolute Gasteiger partial charge is 0.486 e. The fraction of sp³-hybridized carbons (Fsp3) is 0.250. The molecule has 8 heteroatoms. The van der Waals surface area contributed by atoms with Crippen LogP contribution in [-0.2, 0) is 9.59 Å². The topological polar surface area (TPSA) is 97.0 Å². The average molecular weight is 381 g/mol. The molecule has 1 saturated heterocycles. The van der Waals surface area contributed by atoms with Gasteiger partial charge in [-0.2, -0.15) is 0 Å². The number of hydrazine groups is 1. The molecule has 2 aromatic carbocycles. The number of benzene rings is 2. The van der Waals surface area contributed by atoms with E-state index in [2.05, 4.69) is 10.9 Å². The van der Waals surface area contributed by atoms with E-state index in [0.717, 1.165) is 10.5 Å². The molecule has 0 unspecified atom stereocenters. The van der Waals surface area contributed by atoms with E-state index in [1.807, 2.05) is 19.1 Å². The smallest absolute Gasteiger partial charge is 0.265 e. The molecule has 0 spiro atoms. The summed E-state index contributed by atoms with van der Waals surface area (Å²) in [4.78, 5) is 38.5. The molecule has 0 saturated carbocycles. The number of imide groups is 1. The van der Waals surface area contributed by atoms with Crippen molar-refractivity contribution in [3.05, 3.63) is 53.6 Å². The molecule has 4 rings (SSSR count). The van der Waals surface area contributed by atoms with Gasteiger partial charge in [0.05, 0.1) is 12.1 Å². The highest BCUT2D eigenvalue weighted by Crippen LogP contribution is 2.35. The van der Waals surface area contributed by atoms with Crippen molar-refractivity contribution in [1.82, 2.24) is 10.9 Å². The Balaban J connectivity index is 1.45. The second-order valence-corrected chi connectivity index (χ2v) is 6.57. The number of aryl methyl sites for hydroxylation is 1. The van der Waals surface area contributed by atoms with E-state index in [9.17, 15) is 14.4 Å². The molecule has 3 amide bonds. The molecule has 0 aliphatic carbocycles. The normalized spacial score (nSPS) is 18.3. The van der Waals surface area contributed by atoms with Crippen LogP contribution in [0.25, 0.3) is 0 Å². The van der Waals surface area contributed by atoms with E-state index in [1.54, 1.807) is 30.3 Å². The lowest BCUT2D eigenvalue weighted by Crippen LogP contribution is -2.48. The number of carbonyl (C=O) groups is 3. The van der Waals surface area contributed by atoms with Crippen LogP contribution in [-0.4, -0.2) is 37.0 Å². The summed E-state index contributed by atoms with van der Waals surface area (Å²) in [6.45, 7) is 2.69. The number of amides is 3. The first kappa shape index (κ1) is 18.0. The van der Waals surface area contributed by atoms with Gasteiger partial charge in [-0.25, -0.2) is 10.3 Å². The SMILES string of the molecule is Cc1ccccc1C(=O)NN[C@H]1CC(=O)N(c2ccc3c(c2)OCCO3)C1=O. The van der Waals surface area contributed by atoms with E-state index in [4.69, 9.17) is 9.47 Å². The third kappa shape index (κ3) is 3.29. The number of anilines is 1. The van der Waals surface area contributed by atoms with Crippen molar-refractivity contribution < 1.29 is 23.9 Å². The summed E-state index contributed by atoms with van der Waals surface area (Å²) in [7, 11) is 0. The van der Waals surface area contributed by atoms with Crippen LogP contribution in [0.3, 0.4) is 0 Å². The van der Waals surface area contributed by atoms with Gasteiger partial charge in [-0.15, -0.1) is 0 Å². The Hall–Kier alpha value is -3.39. The number of carbonyl (C=O) groups excluding carboxylic acids is 3. The molecule has 2 N–H and O–H groups in total. The van der Waals surface area contributed by atoms with Gasteiger partial charge >= 0.3 is 0 Å². The lowest BCUT2D eigenvalue weighted by molar-refractivity contribution is -0.121. The zero-order valence-corrected chi connectivity index (χ0v) is 15.2. The Kier molecular flexibility index (Phi) is 4.70. The molecular formula is C20H19N3O5. The van der Waals surface area contributed by atoms with Crippen LogP contribution >= 0.6 is 0 Å². The zero-order valence-electron chi connectivity index (χ0n) is 15.2. The van der Waals surface area contributed by atoms with E-state index < -0.39 is 11.9 Å². The van der Waals surface area contributed by atoms with Crippen LogP contribution in [0.2, 0.25) is 0 Å². The van der Waals surface area contributed by atoms with E-state index in [1.165, 1.54) is 0 Å². The first-order chi connectivity index (χ1) is 13.5. The number of nitrogens with one attached hydrogen (secondary N) is 2. The van der Waals surface area contributed by atoms with Gasteiger partial charge in [0.25, 0.3) is 11.8 Å². The highest BCUT2D eigenvalue weighted by atomic mass is 16.6. The standard InChI is InChI=1S/C20H19N3O5/c1-12-4-2-3-5-14(12)19(25)22-21-15-11-18(24)23(20(15)26)13-6-7-16-17(10-13)28-9-8-27-16/h2-7,10,15,21H,8-9,11H2,1H3,(H,22,25)/t15-/m0/s1. The lowest BCUT2D eigenvalue weighted by atomic mass is 10.1. The van der Waals surface area contributed by atoms with Crippen LogP contribution in [0, 0.1) is 6.92 Å². The fourth-order valence-electron chi connectivity index (χ4n) is 3.23. The second-order valence-electron chi connectivity index (χ2n) is 6.57. The number of nitrogens with zero attached hydrogens (tertiary/aromatic N) is 1. The molecule has 0 radical (unpaired) electrons. The molecular weight excluding hydrogens is 362 g/mol. The van der Waals surface area contributed by atoms with Gasteiger partial charge in [-0.3, -0.25) is 19.8 Å². The molecule has 0 bridgehead atoms. The van der Waals surface area contributed by atoms with E-state index in [0.29, 0.717) is 36.0 Å². The van der Waals surface area contributed by atoms with Crippen molar-refractivity contribution in [2.24, 2.45) is 0 Å². The van der Waals surface area contributed by atoms with Crippen molar-refractivity contribution in [1.29, 1.82) is 0 Å². The maximum Gasteiger partial charge on any atom is 0.265 e. The van der Waals surface area contributed by atoms with Crippen molar-refractivity contribution in [3.8, 4) is 11.5 Å². The zero-order chi connectivity index (χ0) is 19.7. The molecule has 0 aromatic heterocycles. The summed E-state index contributed by atoms with van der Waals surface area (Å²) in [5.41, 5.74) is 6.92. The van der Waals surface area contributed by atoms with Crippen molar-refractivity contribution in [2.75, 3.05) is 18.1 Å². The third-order valence-electron chi connectivity index (χ3n) is 4.68. The van der Waals surface area contributed by atoms with Gasteiger partial charge in [0.2, 0.25) is 5.91 Å². The summed E-state index contributed by atoms with van der Waals surface area (Å²) in [6, 6.07) is 11.2. The van der Waals surface area contributed by atoms with Crippen LogP contribution < -0.4 is 25.2 Å². The van der Waals surface area contributed by atoms with Gasteiger partial charge in [0, 0.05) is 11.6 Å². The number of rotatable bonds is 4. The Labute approximate surface area is 161 Å². The Morgan fingerprint density at radius 3 is 2.61 bits per heavy atom. The second kappa shape index (κ2) is 7.32. The summed E-state index contributed by atoms with van der Waals surface area (Å²) in [6.07, 6.45) is -0.0542. The van der Waals surface area contributed by atoms with E-state index in [-0.39, 0.29) is 18.2 Å². The summed E-state index contributed by atoms with van der Waals surface area (Å²) >= 11 is 0. The molecule has 2 heterocycles. The van der Waals surface area contributed by atoms with Gasteiger partial charge in [0.15, 0.2) is 11.5 Å². The van der Waals surface area contributed by atoms with E-state index >= 15 is 0 Å². The Morgan fingerprint density at radius 2 is 1.82 bits per heavy atom. The summed E-state index contributed by atoms with van der Waals surface area (Å²) in [5.74, 6) is -0.0879. The fourth-order valence-corrected chi connectivity index (χ4v) is 3.23. The molecule has 1 atom stereocenters. The molecule has 2 aliphatic heterocycles. The first-order valence-electron chi connectivity index (χ1n) is 8.92. The highest BCUT2D eigenvalue weighted by Gasteiger charge is 2.40. The molecule has 2 aromatic rings. The Bertz CT molecular complexity index is 959. The Morgan fingerprint density at radius 1 is 1.07 bits per heavy atom. The van der Waals surface area contributed by atoms with Gasteiger partial charge in [-0.1, -0.05) is 18.2 Å². The molecule has 28 heavy (non-hydrogen) atoms. The molecule has 1 fully saturated rings. The van der Waals surface area contributed by atoms with Crippen LogP contribution in [0.5, 0.6) is 11.5 Å². The molecule has 144 valence electrons. The van der Waals surface area contributed by atoms with Crippen molar-refractivity contribution in [3.63, 3.8) is 0 Å². The van der Waals surface area contributed by atoms with Gasteiger partial charge in [-0.05, 0) is 30.7 Å². The van der Waals surface area contributed by atoms with Crippen molar-refractivity contribution in [2.45, 2.75) is 19.4 Å². The minimum atomic E-state index is -0.839. The van der Waals surface area contributed by atoms with Crippen LogP contribution in [0.15, 0.2) is 42.5 Å². The summed E-state index contributed by atoms with van der Waals surface area (Å²) in [5, 5.41) is 0. The third-order valence-corrected chi connectivity index (χ3v) is 4.68. The number of hydrogen-bond acceptors (Lipinski definition) is 6. The molecule has 2 aliphatic rings. The quantitative estimate of drug-likeness (QED) is 0.613. The lowest BCUT2D eigenvalue weighted by Gasteiger charge is -2.21. The average Bonchev–Trinajstić information content (AvgIpc) is 2.99. The first-order valence-corrected chi connectivity index (χ1v) is 8.92. The van der Waals surface area contributed by atoms with Gasteiger partial charge in [0.1, 0.15) is 19.3 Å². The summed E-state index contributed by atoms with van der Waals surface area (Å²) < 4.78 is 11.0. The maximum absolute atomic E-state index is 12.7. The predicted octanol–water partition coefficient (Wildman–Crippen LogP) is 1.33. The van der Waals surface area contributed by atoms with Crippen LogP contribution in [0.1, 0.15) is 22.3 Å². The highest BCUT2D eigenvalue weighted by molar-refractivity contribution is 6.22. The maximum atomic E-state index is 12.7. The molecule has 8 nitrogen and oxygen atoms in total. The number of hydrogen-bond donors (Lipinski definition) is 2. The minimum absolute atomic E-state index is 0.0542. The number of fused-ring (bicyclic) bond motifs is 1. The van der Waals surface area contributed by atoms with Crippen molar-refractivity contribution >= 4 is 23.4 Å². The monoisotopic (exact) mass is 381 g/mol. The predicted molar refractivity (Wildman–Crippen MR) is 100 cm³/mol.